The first-order valence-corrected chi connectivity index (χ1v) is 10.5. The maximum Gasteiger partial charge on any atom is 0.225 e. The monoisotopic (exact) mass is 393 g/mol. The topological polar surface area (TPSA) is 44.6 Å². The molecule has 2 fully saturated rings. The Bertz CT molecular complexity index is 896. The van der Waals surface area contributed by atoms with Crippen molar-refractivity contribution < 1.29 is 4.39 Å². The fourth-order valence-electron chi connectivity index (χ4n) is 3.97. The number of nitrogens with zero attached hydrogens (tertiary/aromatic N) is 5. The van der Waals surface area contributed by atoms with Crippen LogP contribution in [-0.2, 0) is 6.42 Å². The molecule has 0 N–H and O–H groups in total. The number of allylic oxidation sites excluding steroid dienone is 1. The highest BCUT2D eigenvalue weighted by Gasteiger charge is 2.19. The third-order valence-electron chi connectivity index (χ3n) is 5.84. The molecule has 0 spiro atoms. The fraction of sp³-hybridized carbons (Fsp3) is 0.435. The SMILES string of the molecule is C=C1CCCN1CN=C1CCN(c2ncc(-c3cccc(CC)c3F)cn2)CC1. The van der Waals surface area contributed by atoms with Crippen molar-refractivity contribution in [3.05, 3.63) is 54.2 Å². The van der Waals surface area contributed by atoms with E-state index in [0.29, 0.717) is 29.1 Å². The third kappa shape index (κ3) is 4.31. The van der Waals surface area contributed by atoms with Gasteiger partial charge in [-0.2, -0.15) is 0 Å². The first-order chi connectivity index (χ1) is 14.2. The van der Waals surface area contributed by atoms with Crippen molar-refractivity contribution in [1.82, 2.24) is 14.9 Å². The van der Waals surface area contributed by atoms with Crippen molar-refractivity contribution in [2.24, 2.45) is 4.99 Å². The normalized spacial score (nSPS) is 17.2. The lowest BCUT2D eigenvalue weighted by molar-refractivity contribution is 0.407. The number of rotatable bonds is 5. The minimum atomic E-state index is -0.175. The molecule has 3 heterocycles. The molecule has 0 aliphatic carbocycles. The number of benzene rings is 1. The molecule has 0 amide bonds. The quantitative estimate of drug-likeness (QED) is 0.753. The molecule has 0 unspecified atom stereocenters. The summed E-state index contributed by atoms with van der Waals surface area (Å²) in [4.78, 5) is 18.3. The molecule has 29 heavy (non-hydrogen) atoms. The Kier molecular flexibility index (Phi) is 5.88. The molecule has 152 valence electrons. The van der Waals surface area contributed by atoms with Gasteiger partial charge in [0.1, 0.15) is 12.5 Å². The molecule has 2 aliphatic rings. The molecular weight excluding hydrogens is 365 g/mol. The summed E-state index contributed by atoms with van der Waals surface area (Å²) in [5, 5.41) is 0. The number of halogens is 1. The molecule has 1 aromatic heterocycles. The van der Waals surface area contributed by atoms with Gasteiger partial charge in [-0.3, -0.25) is 4.99 Å². The first kappa shape index (κ1) is 19.6. The van der Waals surface area contributed by atoms with Crippen molar-refractivity contribution in [2.75, 3.05) is 31.2 Å². The maximum absolute atomic E-state index is 14.6. The lowest BCUT2D eigenvalue weighted by Crippen LogP contribution is -2.35. The van der Waals surface area contributed by atoms with Crippen molar-refractivity contribution in [3.63, 3.8) is 0 Å². The van der Waals surface area contributed by atoms with Crippen LogP contribution in [0.3, 0.4) is 0 Å². The number of hydrogen-bond acceptors (Lipinski definition) is 5. The van der Waals surface area contributed by atoms with Gasteiger partial charge < -0.3 is 9.80 Å². The summed E-state index contributed by atoms with van der Waals surface area (Å²) in [5.74, 6) is 0.527. The summed E-state index contributed by atoms with van der Waals surface area (Å²) < 4.78 is 14.6. The fourth-order valence-corrected chi connectivity index (χ4v) is 3.97. The number of aromatic nitrogens is 2. The van der Waals surface area contributed by atoms with Gasteiger partial charge in [-0.25, -0.2) is 14.4 Å². The van der Waals surface area contributed by atoms with Crippen LogP contribution in [0, 0.1) is 5.82 Å². The van der Waals surface area contributed by atoms with E-state index in [2.05, 4.69) is 26.3 Å². The molecule has 0 radical (unpaired) electrons. The van der Waals surface area contributed by atoms with E-state index in [-0.39, 0.29) is 5.82 Å². The van der Waals surface area contributed by atoms with Crippen LogP contribution in [0.15, 0.2) is 47.9 Å². The summed E-state index contributed by atoms with van der Waals surface area (Å²) in [7, 11) is 0. The number of anilines is 1. The van der Waals surface area contributed by atoms with Crippen LogP contribution in [0.4, 0.5) is 10.3 Å². The maximum atomic E-state index is 14.6. The standard InChI is InChI=1S/C23H28FN5/c1-3-18-7-4-8-21(22(18)24)19-14-25-23(26-15-19)28-12-9-20(10-13-28)27-16-29-11-5-6-17(29)2/h4,7-8,14-15H,2-3,5-6,9-13,16H2,1H3. The van der Waals surface area contributed by atoms with Crippen molar-refractivity contribution in [3.8, 4) is 11.1 Å². The van der Waals surface area contributed by atoms with Gasteiger partial charge in [0.2, 0.25) is 5.95 Å². The van der Waals surface area contributed by atoms with Crippen molar-refractivity contribution >= 4 is 11.7 Å². The summed E-state index contributed by atoms with van der Waals surface area (Å²) in [6.07, 6.45) is 8.26. The molecule has 5 nitrogen and oxygen atoms in total. The van der Waals surface area contributed by atoms with Crippen LogP contribution in [0.25, 0.3) is 11.1 Å². The molecule has 2 saturated heterocycles. The Hall–Kier alpha value is -2.76. The van der Waals surface area contributed by atoms with Gasteiger partial charge in [0, 0.05) is 67.4 Å². The van der Waals surface area contributed by atoms with Crippen LogP contribution in [-0.4, -0.2) is 46.9 Å². The van der Waals surface area contributed by atoms with Gasteiger partial charge in [0.15, 0.2) is 0 Å². The predicted molar refractivity (Wildman–Crippen MR) is 116 cm³/mol. The van der Waals surface area contributed by atoms with E-state index in [0.717, 1.165) is 45.6 Å². The lowest BCUT2D eigenvalue weighted by Gasteiger charge is -2.28. The molecule has 2 aliphatic heterocycles. The number of hydrogen-bond donors (Lipinski definition) is 0. The second kappa shape index (κ2) is 8.72. The Morgan fingerprint density at radius 1 is 1.10 bits per heavy atom. The molecule has 1 aromatic carbocycles. The molecule has 0 bridgehead atoms. The molecule has 0 saturated carbocycles. The van der Waals surface area contributed by atoms with Gasteiger partial charge >= 0.3 is 0 Å². The summed E-state index contributed by atoms with van der Waals surface area (Å²) in [5.41, 5.74) is 4.46. The highest BCUT2D eigenvalue weighted by atomic mass is 19.1. The van der Waals surface area contributed by atoms with Gasteiger partial charge in [-0.05, 0) is 24.8 Å². The zero-order chi connectivity index (χ0) is 20.2. The van der Waals surface area contributed by atoms with Gasteiger partial charge in [0.25, 0.3) is 0 Å². The molecule has 0 atom stereocenters. The third-order valence-corrected chi connectivity index (χ3v) is 5.84. The van der Waals surface area contributed by atoms with Gasteiger partial charge in [0.05, 0.1) is 0 Å². The first-order valence-electron chi connectivity index (χ1n) is 10.5. The van der Waals surface area contributed by atoms with E-state index in [4.69, 9.17) is 4.99 Å². The Morgan fingerprint density at radius 2 is 1.86 bits per heavy atom. The van der Waals surface area contributed by atoms with Crippen molar-refractivity contribution in [1.29, 1.82) is 0 Å². The van der Waals surface area contributed by atoms with Crippen LogP contribution in [0.5, 0.6) is 0 Å². The van der Waals surface area contributed by atoms with Crippen LogP contribution < -0.4 is 4.90 Å². The van der Waals surface area contributed by atoms with E-state index in [1.54, 1.807) is 18.5 Å². The van der Waals surface area contributed by atoms with Crippen LogP contribution >= 0.6 is 0 Å². The zero-order valence-electron chi connectivity index (χ0n) is 17.1. The number of likely N-dealkylation sites (tertiary alicyclic amines) is 1. The van der Waals surface area contributed by atoms with E-state index in [9.17, 15) is 4.39 Å². The number of aliphatic imine (C=N–C) groups is 1. The molecule has 4 rings (SSSR count). The Morgan fingerprint density at radius 3 is 2.52 bits per heavy atom. The van der Waals surface area contributed by atoms with E-state index >= 15 is 0 Å². The van der Waals surface area contributed by atoms with E-state index in [1.165, 1.54) is 17.8 Å². The average molecular weight is 394 g/mol. The molecule has 6 heteroatoms. The average Bonchev–Trinajstić information content (AvgIpc) is 3.18. The Labute approximate surface area is 172 Å². The largest absolute Gasteiger partial charge is 0.356 e. The van der Waals surface area contributed by atoms with E-state index < -0.39 is 0 Å². The second-order valence-corrected chi connectivity index (χ2v) is 7.69. The van der Waals surface area contributed by atoms with Crippen LogP contribution in [0.1, 0.15) is 38.2 Å². The van der Waals surface area contributed by atoms with E-state index in [1.807, 2.05) is 19.1 Å². The van der Waals surface area contributed by atoms with Gasteiger partial charge in [-0.15, -0.1) is 0 Å². The zero-order valence-corrected chi connectivity index (χ0v) is 17.1. The lowest BCUT2D eigenvalue weighted by atomic mass is 10.0. The highest BCUT2D eigenvalue weighted by molar-refractivity contribution is 5.86. The number of aryl methyl sites for hydroxylation is 1. The van der Waals surface area contributed by atoms with Crippen molar-refractivity contribution in [2.45, 2.75) is 39.0 Å². The summed E-state index contributed by atoms with van der Waals surface area (Å²) in [6.45, 7) is 9.59. The predicted octanol–water partition coefficient (Wildman–Crippen LogP) is 4.45. The van der Waals surface area contributed by atoms with Crippen LogP contribution in [0.2, 0.25) is 0 Å². The second-order valence-electron chi connectivity index (χ2n) is 7.69. The highest BCUT2D eigenvalue weighted by Crippen LogP contribution is 2.25. The Balaban J connectivity index is 1.38. The minimum Gasteiger partial charge on any atom is -0.356 e. The smallest absolute Gasteiger partial charge is 0.225 e. The summed E-state index contributed by atoms with van der Waals surface area (Å²) >= 11 is 0. The minimum absolute atomic E-state index is 0.175. The van der Waals surface area contributed by atoms with Gasteiger partial charge in [-0.1, -0.05) is 31.7 Å². The number of piperidine rings is 1. The molecular formula is C23H28FN5. The molecule has 2 aromatic rings. The summed E-state index contributed by atoms with van der Waals surface area (Å²) in [6, 6.07) is 5.49.